The number of hydrogen-bond acceptors (Lipinski definition) is 1. The van der Waals surface area contributed by atoms with Gasteiger partial charge in [-0.05, 0) is 13.8 Å². The molecular formula is C13H19F3N2. The summed E-state index contributed by atoms with van der Waals surface area (Å²) in [4.78, 5) is 0. The van der Waals surface area contributed by atoms with E-state index in [0.29, 0.717) is 5.69 Å². The van der Waals surface area contributed by atoms with Gasteiger partial charge in [0.2, 0.25) is 0 Å². The second kappa shape index (κ2) is 4.44. The van der Waals surface area contributed by atoms with Crippen molar-refractivity contribution in [2.24, 2.45) is 0 Å². The van der Waals surface area contributed by atoms with Crippen LogP contribution in [0.1, 0.15) is 51.9 Å². The van der Waals surface area contributed by atoms with Gasteiger partial charge in [0.25, 0.3) is 0 Å². The molecule has 0 spiro atoms. The van der Waals surface area contributed by atoms with Crippen LogP contribution < -0.4 is 0 Å². The second-order valence-electron chi connectivity index (χ2n) is 5.67. The monoisotopic (exact) mass is 260 g/mol. The number of nitrogens with zero attached hydrogens (tertiary/aromatic N) is 2. The molecule has 0 saturated carbocycles. The van der Waals surface area contributed by atoms with E-state index < -0.39 is 17.2 Å². The predicted molar refractivity (Wildman–Crippen MR) is 66.4 cm³/mol. The van der Waals surface area contributed by atoms with E-state index in [2.05, 4.69) is 11.7 Å². The van der Waals surface area contributed by atoms with Crippen LogP contribution in [0.3, 0.4) is 0 Å². The Morgan fingerprint density at radius 3 is 2.11 bits per heavy atom. The lowest BCUT2D eigenvalue weighted by atomic mass is 9.87. The van der Waals surface area contributed by atoms with Crippen LogP contribution in [0.5, 0.6) is 0 Å². The van der Waals surface area contributed by atoms with Crippen LogP contribution in [0.2, 0.25) is 0 Å². The number of rotatable bonds is 2. The molecule has 0 aliphatic rings. The quantitative estimate of drug-likeness (QED) is 0.773. The van der Waals surface area contributed by atoms with Gasteiger partial charge in [-0.25, -0.2) is 0 Å². The SMILES string of the molecule is C=C(c1cnn(C(C)C)c1C(C)(C)C)C(F)(F)F. The van der Waals surface area contributed by atoms with Crippen LogP contribution >= 0.6 is 0 Å². The van der Waals surface area contributed by atoms with Crippen LogP contribution in [0.25, 0.3) is 5.57 Å². The van der Waals surface area contributed by atoms with Gasteiger partial charge in [-0.15, -0.1) is 0 Å². The maximum Gasteiger partial charge on any atom is 0.416 e. The molecule has 0 aromatic carbocycles. The first kappa shape index (κ1) is 14.8. The predicted octanol–water partition coefficient (Wildman–Crippen LogP) is 4.34. The van der Waals surface area contributed by atoms with Gasteiger partial charge in [-0.2, -0.15) is 18.3 Å². The summed E-state index contributed by atoms with van der Waals surface area (Å²) >= 11 is 0. The molecule has 1 heterocycles. The minimum atomic E-state index is -4.43. The van der Waals surface area contributed by atoms with Crippen molar-refractivity contribution in [1.29, 1.82) is 0 Å². The molecule has 0 bridgehead atoms. The van der Waals surface area contributed by atoms with E-state index in [1.165, 1.54) is 6.20 Å². The highest BCUT2D eigenvalue weighted by Gasteiger charge is 2.37. The third-order valence-electron chi connectivity index (χ3n) is 2.66. The van der Waals surface area contributed by atoms with Gasteiger partial charge in [0, 0.05) is 17.0 Å². The minimum absolute atomic E-state index is 0.00834. The summed E-state index contributed by atoms with van der Waals surface area (Å²) in [6.07, 6.45) is -3.17. The Morgan fingerprint density at radius 2 is 1.78 bits per heavy atom. The van der Waals surface area contributed by atoms with Crippen molar-refractivity contribution < 1.29 is 13.2 Å². The Balaban J connectivity index is 3.44. The summed E-state index contributed by atoms with van der Waals surface area (Å²) in [5.41, 5.74) is -0.604. The van der Waals surface area contributed by atoms with Crippen molar-refractivity contribution in [3.8, 4) is 0 Å². The molecule has 5 heteroatoms. The molecule has 2 nitrogen and oxygen atoms in total. The number of halogens is 3. The fourth-order valence-electron chi connectivity index (χ4n) is 1.87. The van der Waals surface area contributed by atoms with Crippen LogP contribution in [0, 0.1) is 0 Å². The van der Waals surface area contributed by atoms with Crippen molar-refractivity contribution in [2.75, 3.05) is 0 Å². The third-order valence-corrected chi connectivity index (χ3v) is 2.66. The van der Waals surface area contributed by atoms with Crippen LogP contribution in [0.15, 0.2) is 12.8 Å². The smallest absolute Gasteiger partial charge is 0.266 e. The zero-order valence-corrected chi connectivity index (χ0v) is 11.4. The fourth-order valence-corrected chi connectivity index (χ4v) is 1.87. The van der Waals surface area contributed by atoms with Crippen molar-refractivity contribution in [1.82, 2.24) is 9.78 Å². The summed E-state index contributed by atoms with van der Waals surface area (Å²) in [7, 11) is 0. The zero-order chi connectivity index (χ0) is 14.3. The van der Waals surface area contributed by atoms with Gasteiger partial charge in [0.15, 0.2) is 0 Å². The van der Waals surface area contributed by atoms with Crippen molar-refractivity contribution in [3.05, 3.63) is 24.0 Å². The van der Waals surface area contributed by atoms with Gasteiger partial charge in [0.1, 0.15) is 0 Å². The highest BCUT2D eigenvalue weighted by molar-refractivity contribution is 5.69. The van der Waals surface area contributed by atoms with Gasteiger partial charge in [0.05, 0.1) is 17.5 Å². The van der Waals surface area contributed by atoms with E-state index in [0.717, 1.165) is 0 Å². The molecule has 0 amide bonds. The average molecular weight is 260 g/mol. The van der Waals surface area contributed by atoms with Crippen molar-refractivity contribution >= 4 is 5.57 Å². The zero-order valence-electron chi connectivity index (χ0n) is 11.4. The lowest BCUT2D eigenvalue weighted by Gasteiger charge is -2.25. The summed E-state index contributed by atoms with van der Waals surface area (Å²) < 4.78 is 40.0. The largest absolute Gasteiger partial charge is 0.416 e. The second-order valence-corrected chi connectivity index (χ2v) is 5.67. The van der Waals surface area contributed by atoms with E-state index in [-0.39, 0.29) is 11.6 Å². The first-order chi connectivity index (χ1) is 7.96. The van der Waals surface area contributed by atoms with E-state index in [1.807, 2.05) is 34.6 Å². The average Bonchev–Trinajstić information content (AvgIpc) is 2.57. The first-order valence-corrected chi connectivity index (χ1v) is 5.80. The van der Waals surface area contributed by atoms with E-state index in [1.54, 1.807) is 4.68 Å². The molecule has 1 aromatic rings. The highest BCUT2D eigenvalue weighted by atomic mass is 19.4. The lowest BCUT2D eigenvalue weighted by molar-refractivity contribution is -0.0687. The fraction of sp³-hybridized carbons (Fsp3) is 0.615. The van der Waals surface area contributed by atoms with Gasteiger partial charge < -0.3 is 0 Å². The van der Waals surface area contributed by atoms with Crippen LogP contribution in [-0.2, 0) is 5.41 Å². The Hall–Kier alpha value is -1.26. The van der Waals surface area contributed by atoms with Gasteiger partial charge >= 0.3 is 6.18 Å². The van der Waals surface area contributed by atoms with E-state index in [9.17, 15) is 13.2 Å². The Morgan fingerprint density at radius 1 is 1.28 bits per heavy atom. The summed E-state index contributed by atoms with van der Waals surface area (Å²) in [6.45, 7) is 12.6. The van der Waals surface area contributed by atoms with E-state index in [4.69, 9.17) is 0 Å². The maximum absolute atomic E-state index is 12.8. The number of aromatic nitrogens is 2. The molecule has 1 aromatic heterocycles. The Labute approximate surface area is 105 Å². The number of alkyl halides is 3. The molecular weight excluding hydrogens is 241 g/mol. The molecule has 18 heavy (non-hydrogen) atoms. The molecule has 0 aliphatic carbocycles. The minimum Gasteiger partial charge on any atom is -0.266 e. The molecule has 102 valence electrons. The molecule has 0 unspecified atom stereocenters. The van der Waals surface area contributed by atoms with E-state index >= 15 is 0 Å². The topological polar surface area (TPSA) is 17.8 Å². The molecule has 0 saturated heterocycles. The third kappa shape index (κ3) is 2.76. The summed E-state index contributed by atoms with van der Waals surface area (Å²) in [5.74, 6) is 0. The molecule has 1 rings (SSSR count). The first-order valence-electron chi connectivity index (χ1n) is 5.80. The van der Waals surface area contributed by atoms with Crippen molar-refractivity contribution in [2.45, 2.75) is 52.3 Å². The molecule has 0 atom stereocenters. The lowest BCUT2D eigenvalue weighted by Crippen LogP contribution is -2.23. The van der Waals surface area contributed by atoms with Crippen LogP contribution in [0.4, 0.5) is 13.2 Å². The maximum atomic E-state index is 12.8. The standard InChI is InChI=1S/C13H19F3N2/c1-8(2)18-11(12(4,5)6)10(7-17-18)9(3)13(14,15)16/h7-8H,3H2,1-2,4-6H3. The molecule has 0 radical (unpaired) electrons. The Kier molecular flexibility index (Phi) is 3.65. The Bertz CT molecular complexity index is 448. The molecule has 0 aliphatic heterocycles. The van der Waals surface area contributed by atoms with Gasteiger partial charge in [-0.3, -0.25) is 4.68 Å². The number of hydrogen-bond donors (Lipinski definition) is 0. The van der Waals surface area contributed by atoms with Gasteiger partial charge in [-0.1, -0.05) is 27.4 Å². The molecule has 0 N–H and O–H groups in total. The summed E-state index contributed by atoms with van der Waals surface area (Å²) in [5, 5.41) is 4.07. The normalized spacial score (nSPS) is 13.2. The highest BCUT2D eigenvalue weighted by Crippen LogP contribution is 2.38. The summed E-state index contributed by atoms with van der Waals surface area (Å²) in [6, 6.07) is 0.00834. The number of allylic oxidation sites excluding steroid dienone is 1. The van der Waals surface area contributed by atoms with Crippen LogP contribution in [-0.4, -0.2) is 16.0 Å². The molecule has 0 fully saturated rings. The van der Waals surface area contributed by atoms with Crippen molar-refractivity contribution in [3.63, 3.8) is 0 Å².